The third-order valence-corrected chi connectivity index (χ3v) is 7.74. The van der Waals surface area contributed by atoms with Gasteiger partial charge in [0, 0.05) is 51.9 Å². The average Bonchev–Trinajstić information content (AvgIpc) is 2.83. The van der Waals surface area contributed by atoms with E-state index in [1.165, 1.54) is 0 Å². The molecule has 0 atom stereocenters. The van der Waals surface area contributed by atoms with Crippen molar-refractivity contribution in [3.05, 3.63) is 66.0 Å². The molecule has 5 nitrogen and oxygen atoms in total. The molecule has 2 aromatic carbocycles. The maximum Gasteiger partial charge on any atom is 0.261 e. The second-order valence-electron chi connectivity index (χ2n) is 8.09. The SMILES string of the molecule is CCN(CC)c1cccc2c(-c3ccccc3S(=O)(=O)Cl)c3ccc(=[N+](CC)CC)cc-3oc12. The van der Waals surface area contributed by atoms with E-state index >= 15 is 0 Å². The zero-order valence-corrected chi connectivity index (χ0v) is 21.6. The first-order valence-corrected chi connectivity index (χ1v) is 14.0. The Balaban J connectivity index is 2.23. The molecule has 0 saturated carbocycles. The summed E-state index contributed by atoms with van der Waals surface area (Å²) in [5.41, 5.74) is 3.91. The van der Waals surface area contributed by atoms with E-state index in [0.29, 0.717) is 11.3 Å². The van der Waals surface area contributed by atoms with Crippen molar-refractivity contribution < 1.29 is 12.8 Å². The number of nitrogens with zero attached hydrogens (tertiary/aromatic N) is 2. The number of anilines is 1. The summed E-state index contributed by atoms with van der Waals surface area (Å²) < 4.78 is 33.9. The van der Waals surface area contributed by atoms with E-state index < -0.39 is 9.05 Å². The second kappa shape index (κ2) is 9.80. The van der Waals surface area contributed by atoms with Crippen LogP contribution in [-0.2, 0) is 9.05 Å². The molecule has 1 aliphatic carbocycles. The van der Waals surface area contributed by atoms with Crippen LogP contribution in [0, 0.1) is 0 Å². The molecule has 2 aliphatic rings. The minimum Gasteiger partial charge on any atom is -0.454 e. The van der Waals surface area contributed by atoms with E-state index in [9.17, 15) is 8.42 Å². The highest BCUT2D eigenvalue weighted by molar-refractivity contribution is 8.13. The quantitative estimate of drug-likeness (QED) is 0.184. The summed E-state index contributed by atoms with van der Waals surface area (Å²) in [5.74, 6) is 0.702. The summed E-state index contributed by atoms with van der Waals surface area (Å²) in [6.07, 6.45) is 0. The number of para-hydroxylation sites is 1. The number of benzene rings is 3. The first-order chi connectivity index (χ1) is 16.3. The second-order valence-corrected chi connectivity index (χ2v) is 10.6. The van der Waals surface area contributed by atoms with Crippen LogP contribution in [0.4, 0.5) is 5.69 Å². The molecular weight excluding hydrogens is 468 g/mol. The highest BCUT2D eigenvalue weighted by Gasteiger charge is 2.25. The molecule has 7 heteroatoms. The van der Waals surface area contributed by atoms with Gasteiger partial charge < -0.3 is 9.32 Å². The van der Waals surface area contributed by atoms with E-state index in [1.54, 1.807) is 12.1 Å². The summed E-state index contributed by atoms with van der Waals surface area (Å²) in [7, 11) is 1.92. The molecule has 2 aromatic rings. The van der Waals surface area contributed by atoms with Gasteiger partial charge in [0.15, 0.2) is 5.58 Å². The molecule has 0 radical (unpaired) electrons. The van der Waals surface area contributed by atoms with Crippen LogP contribution in [0.25, 0.3) is 33.4 Å². The van der Waals surface area contributed by atoms with Gasteiger partial charge in [0.1, 0.15) is 18.8 Å². The number of halogens is 1. The lowest BCUT2D eigenvalue weighted by Crippen LogP contribution is -2.29. The fourth-order valence-corrected chi connectivity index (χ4v) is 5.74. The van der Waals surface area contributed by atoms with Crippen molar-refractivity contribution in [2.75, 3.05) is 31.1 Å². The molecule has 0 bridgehead atoms. The predicted octanol–water partition coefficient (Wildman–Crippen LogP) is 5.79. The van der Waals surface area contributed by atoms with Gasteiger partial charge in [-0.05, 0) is 45.9 Å². The Morgan fingerprint density at radius 2 is 1.59 bits per heavy atom. The first-order valence-electron chi connectivity index (χ1n) is 11.7. The lowest BCUT2D eigenvalue weighted by molar-refractivity contribution is 0.603. The summed E-state index contributed by atoms with van der Waals surface area (Å²) in [4.78, 5) is 2.33. The normalized spacial score (nSPS) is 11.8. The number of fused-ring (bicyclic) bond motifs is 2. The fourth-order valence-electron chi connectivity index (χ4n) is 4.66. The molecule has 0 fully saturated rings. The van der Waals surface area contributed by atoms with E-state index in [-0.39, 0.29) is 4.90 Å². The van der Waals surface area contributed by atoms with Crippen LogP contribution in [0.5, 0.6) is 0 Å². The summed E-state index contributed by atoms with van der Waals surface area (Å²) in [6, 6.07) is 19.0. The maximum absolute atomic E-state index is 12.5. The van der Waals surface area contributed by atoms with Gasteiger partial charge in [-0.1, -0.05) is 30.3 Å². The van der Waals surface area contributed by atoms with Crippen LogP contribution < -0.4 is 14.8 Å². The fraction of sp³-hybridized carbons (Fsp3) is 0.296. The predicted molar refractivity (Wildman–Crippen MR) is 141 cm³/mol. The van der Waals surface area contributed by atoms with Crippen LogP contribution in [-0.4, -0.2) is 34.6 Å². The Morgan fingerprint density at radius 1 is 0.882 bits per heavy atom. The average molecular weight is 498 g/mol. The zero-order valence-electron chi connectivity index (χ0n) is 20.0. The molecule has 34 heavy (non-hydrogen) atoms. The highest BCUT2D eigenvalue weighted by Crippen LogP contribution is 2.44. The molecule has 178 valence electrons. The third kappa shape index (κ3) is 4.32. The molecule has 1 aliphatic heterocycles. The molecule has 4 rings (SSSR count). The van der Waals surface area contributed by atoms with Crippen molar-refractivity contribution >= 4 is 36.4 Å². The van der Waals surface area contributed by atoms with Gasteiger partial charge in [-0.25, -0.2) is 13.0 Å². The summed E-state index contributed by atoms with van der Waals surface area (Å²) >= 11 is 0. The first kappa shape index (κ1) is 24.3. The Labute approximate surface area is 205 Å². The van der Waals surface area contributed by atoms with Crippen molar-refractivity contribution in [1.82, 2.24) is 4.58 Å². The maximum atomic E-state index is 12.5. The van der Waals surface area contributed by atoms with Gasteiger partial charge in [0.2, 0.25) is 5.36 Å². The Hall–Kier alpha value is -2.83. The Bertz CT molecular complexity index is 1480. The molecule has 1 heterocycles. The standard InChI is InChI=1S/C27H30ClN2O3S/c1-5-29(6-2)19-16-17-20-24(18-19)33-27-22(13-11-14-23(27)30(7-3)8-4)26(20)21-12-9-10-15-25(21)34(28,31)32/h9-18H,5-8H2,1-4H3/q+1. The lowest BCUT2D eigenvalue weighted by Gasteiger charge is -2.24. The lowest BCUT2D eigenvalue weighted by atomic mass is 9.93. The van der Waals surface area contributed by atoms with Crippen LogP contribution in [0.1, 0.15) is 27.7 Å². The van der Waals surface area contributed by atoms with Crippen molar-refractivity contribution in [1.29, 1.82) is 0 Å². The summed E-state index contributed by atoms with van der Waals surface area (Å²) in [6.45, 7) is 11.9. The minimum atomic E-state index is -3.96. The van der Waals surface area contributed by atoms with Gasteiger partial charge in [-0.2, -0.15) is 0 Å². The van der Waals surface area contributed by atoms with Gasteiger partial charge in [-0.3, -0.25) is 0 Å². The number of hydrogen-bond donors (Lipinski definition) is 0. The molecular formula is C27H30ClN2O3S+. The van der Waals surface area contributed by atoms with E-state index in [4.69, 9.17) is 15.1 Å². The zero-order chi connectivity index (χ0) is 24.5. The van der Waals surface area contributed by atoms with E-state index in [1.807, 2.05) is 42.5 Å². The molecule has 0 unspecified atom stereocenters. The molecule has 0 aromatic heterocycles. The van der Waals surface area contributed by atoms with Crippen LogP contribution >= 0.6 is 10.7 Å². The minimum absolute atomic E-state index is 0.0894. The molecule has 0 amide bonds. The van der Waals surface area contributed by atoms with Crippen molar-refractivity contribution in [2.45, 2.75) is 32.6 Å². The van der Waals surface area contributed by atoms with Gasteiger partial charge in [0.05, 0.1) is 16.6 Å². The van der Waals surface area contributed by atoms with E-state index in [0.717, 1.165) is 59.3 Å². The Kier molecular flexibility index (Phi) is 7.01. The molecule has 0 spiro atoms. The van der Waals surface area contributed by atoms with Crippen LogP contribution in [0.2, 0.25) is 0 Å². The van der Waals surface area contributed by atoms with Gasteiger partial charge in [0.25, 0.3) is 9.05 Å². The van der Waals surface area contributed by atoms with E-state index in [2.05, 4.69) is 43.2 Å². The van der Waals surface area contributed by atoms with Crippen LogP contribution in [0.3, 0.4) is 0 Å². The molecule has 0 saturated heterocycles. The van der Waals surface area contributed by atoms with Crippen molar-refractivity contribution in [2.24, 2.45) is 0 Å². The van der Waals surface area contributed by atoms with Gasteiger partial charge in [-0.15, -0.1) is 0 Å². The monoisotopic (exact) mass is 497 g/mol. The number of hydrogen-bond acceptors (Lipinski definition) is 4. The summed E-state index contributed by atoms with van der Waals surface area (Å²) in [5, 5.41) is 1.91. The highest BCUT2D eigenvalue weighted by atomic mass is 35.7. The number of rotatable bonds is 7. The Morgan fingerprint density at radius 3 is 2.24 bits per heavy atom. The smallest absolute Gasteiger partial charge is 0.261 e. The van der Waals surface area contributed by atoms with Gasteiger partial charge >= 0.3 is 0 Å². The van der Waals surface area contributed by atoms with Crippen molar-refractivity contribution in [3.63, 3.8) is 0 Å². The topological polar surface area (TPSA) is 53.5 Å². The molecule has 0 N–H and O–H groups in total. The third-order valence-electron chi connectivity index (χ3n) is 6.36. The van der Waals surface area contributed by atoms with Crippen molar-refractivity contribution in [3.8, 4) is 22.5 Å². The van der Waals surface area contributed by atoms with Crippen LogP contribution in [0.15, 0.2) is 70.0 Å². The largest absolute Gasteiger partial charge is 0.454 e.